The average molecular weight is 484 g/mol. The molecule has 3 aromatic carbocycles. The first-order valence-corrected chi connectivity index (χ1v) is 10.2. The van der Waals surface area contributed by atoms with Gasteiger partial charge in [0.25, 0.3) is 0 Å². The quantitative estimate of drug-likeness (QED) is 0.261. The van der Waals surface area contributed by atoms with E-state index in [-0.39, 0.29) is 12.5 Å². The van der Waals surface area contributed by atoms with Crippen molar-refractivity contribution in [3.8, 4) is 0 Å². The minimum Gasteiger partial charge on any atom is -0.396 e. The molecule has 3 nitrogen and oxygen atoms in total. The van der Waals surface area contributed by atoms with Crippen molar-refractivity contribution >= 4 is 55.7 Å². The Balaban J connectivity index is 2.04. The van der Waals surface area contributed by atoms with E-state index in [4.69, 9.17) is 16.7 Å². The van der Waals surface area contributed by atoms with E-state index in [1.165, 1.54) is 0 Å². The van der Waals surface area contributed by atoms with Crippen LogP contribution in [0.15, 0.2) is 42.5 Å². The molecule has 5 heteroatoms. The molecule has 0 amide bonds. The van der Waals surface area contributed by atoms with Gasteiger partial charge in [0.2, 0.25) is 0 Å². The number of rotatable bonds is 6. The standard InChI is InChI=1S/C21H23ClINO2/c1-13(9-10-25)21(2,26)24-12-18-17-11-14-5-3-4-6-15(14)20(22)16(17)7-8-19(18)23/h3-8,11,13,24-26H,9-10,12H2,1-2H3. The first-order chi connectivity index (χ1) is 12.3. The van der Waals surface area contributed by atoms with E-state index < -0.39 is 5.72 Å². The molecule has 3 rings (SSSR count). The Hall–Kier alpha value is -0.920. The minimum atomic E-state index is -1.06. The van der Waals surface area contributed by atoms with Crippen LogP contribution in [0.3, 0.4) is 0 Å². The molecule has 0 aliphatic rings. The number of nitrogens with one attached hydrogen (secondary N) is 1. The van der Waals surface area contributed by atoms with E-state index in [2.05, 4.69) is 52.2 Å². The van der Waals surface area contributed by atoms with Crippen LogP contribution in [-0.2, 0) is 6.54 Å². The molecular formula is C21H23ClINO2. The molecule has 0 aliphatic carbocycles. The molecule has 138 valence electrons. The summed E-state index contributed by atoms with van der Waals surface area (Å²) in [5, 5.41) is 28.1. The van der Waals surface area contributed by atoms with Crippen LogP contribution >= 0.6 is 34.2 Å². The van der Waals surface area contributed by atoms with Gasteiger partial charge in [-0.1, -0.05) is 48.9 Å². The molecular weight excluding hydrogens is 461 g/mol. The summed E-state index contributed by atoms with van der Waals surface area (Å²) >= 11 is 9.01. The fourth-order valence-electron chi connectivity index (χ4n) is 3.21. The van der Waals surface area contributed by atoms with E-state index in [1.54, 1.807) is 6.92 Å². The number of halogens is 2. The molecule has 2 atom stereocenters. The first-order valence-electron chi connectivity index (χ1n) is 8.71. The third-order valence-corrected chi connectivity index (χ3v) is 6.60. The van der Waals surface area contributed by atoms with Gasteiger partial charge in [-0.25, -0.2) is 0 Å². The largest absolute Gasteiger partial charge is 0.396 e. The maximum Gasteiger partial charge on any atom is 0.116 e. The van der Waals surface area contributed by atoms with Crippen LogP contribution in [0.4, 0.5) is 0 Å². The molecule has 0 aliphatic heterocycles. The van der Waals surface area contributed by atoms with Crippen molar-refractivity contribution in [1.82, 2.24) is 5.32 Å². The van der Waals surface area contributed by atoms with Crippen molar-refractivity contribution in [2.45, 2.75) is 32.5 Å². The highest BCUT2D eigenvalue weighted by Crippen LogP contribution is 2.35. The number of hydrogen-bond donors (Lipinski definition) is 3. The van der Waals surface area contributed by atoms with Crippen LogP contribution in [0.1, 0.15) is 25.8 Å². The van der Waals surface area contributed by atoms with Gasteiger partial charge < -0.3 is 10.2 Å². The molecule has 0 aromatic heterocycles. The van der Waals surface area contributed by atoms with Crippen LogP contribution in [0.5, 0.6) is 0 Å². The minimum absolute atomic E-state index is 0.0619. The lowest BCUT2D eigenvalue weighted by Gasteiger charge is -2.31. The molecule has 0 fully saturated rings. The Morgan fingerprint density at radius 3 is 2.62 bits per heavy atom. The lowest BCUT2D eigenvalue weighted by Crippen LogP contribution is -2.47. The predicted molar refractivity (Wildman–Crippen MR) is 118 cm³/mol. The Bertz CT molecular complexity index is 942. The summed E-state index contributed by atoms with van der Waals surface area (Å²) in [6, 6.07) is 14.4. The number of fused-ring (bicyclic) bond motifs is 2. The fraction of sp³-hybridized carbons (Fsp3) is 0.333. The van der Waals surface area contributed by atoms with Crippen molar-refractivity contribution < 1.29 is 10.2 Å². The maximum atomic E-state index is 10.7. The molecule has 3 aromatic rings. The van der Waals surface area contributed by atoms with Gasteiger partial charge in [0.05, 0.1) is 5.02 Å². The van der Waals surface area contributed by atoms with Gasteiger partial charge in [-0.3, -0.25) is 5.32 Å². The summed E-state index contributed by atoms with van der Waals surface area (Å²) in [4.78, 5) is 0. The lowest BCUT2D eigenvalue weighted by molar-refractivity contribution is -0.0355. The van der Waals surface area contributed by atoms with Gasteiger partial charge in [-0.2, -0.15) is 0 Å². The van der Waals surface area contributed by atoms with E-state index in [0.717, 1.165) is 35.7 Å². The molecule has 0 saturated heterocycles. The highest BCUT2D eigenvalue weighted by Gasteiger charge is 2.27. The van der Waals surface area contributed by atoms with E-state index in [9.17, 15) is 5.11 Å². The van der Waals surface area contributed by atoms with Crippen molar-refractivity contribution in [2.75, 3.05) is 6.61 Å². The molecule has 2 unspecified atom stereocenters. The van der Waals surface area contributed by atoms with Crippen LogP contribution in [-0.4, -0.2) is 22.5 Å². The molecule has 0 saturated carbocycles. The number of aliphatic hydroxyl groups excluding tert-OH is 1. The number of benzene rings is 3. The van der Waals surface area contributed by atoms with Crippen molar-refractivity contribution in [2.24, 2.45) is 5.92 Å². The zero-order chi connectivity index (χ0) is 18.9. The van der Waals surface area contributed by atoms with Crippen molar-refractivity contribution in [3.05, 3.63) is 56.6 Å². The maximum absolute atomic E-state index is 10.7. The Kier molecular flexibility index (Phi) is 6.09. The second-order valence-electron chi connectivity index (χ2n) is 6.95. The molecule has 0 bridgehead atoms. The van der Waals surface area contributed by atoms with Crippen molar-refractivity contribution in [1.29, 1.82) is 0 Å². The second-order valence-corrected chi connectivity index (χ2v) is 8.49. The summed E-state index contributed by atoms with van der Waals surface area (Å²) in [5.74, 6) is -0.0652. The Morgan fingerprint density at radius 2 is 1.88 bits per heavy atom. The van der Waals surface area contributed by atoms with Gasteiger partial charge >= 0.3 is 0 Å². The van der Waals surface area contributed by atoms with Gasteiger partial charge in [-0.05, 0) is 64.4 Å². The fourth-order valence-corrected chi connectivity index (χ4v) is 4.21. The Morgan fingerprint density at radius 1 is 1.15 bits per heavy atom. The SMILES string of the molecule is CC(CCO)C(C)(O)NCc1c(I)ccc2c(Cl)c3ccccc3cc12. The predicted octanol–water partition coefficient (Wildman–Crippen LogP) is 5.07. The van der Waals surface area contributed by atoms with Gasteiger partial charge in [-0.15, -0.1) is 0 Å². The summed E-state index contributed by atoms with van der Waals surface area (Å²) in [6.07, 6.45) is 0.545. The zero-order valence-corrected chi connectivity index (χ0v) is 17.8. The summed E-state index contributed by atoms with van der Waals surface area (Å²) in [5.41, 5.74) is 0.0569. The normalized spacial score (nSPS) is 15.3. The van der Waals surface area contributed by atoms with E-state index in [0.29, 0.717) is 13.0 Å². The molecule has 0 heterocycles. The second kappa shape index (κ2) is 7.98. The highest BCUT2D eigenvalue weighted by atomic mass is 127. The summed E-state index contributed by atoms with van der Waals surface area (Å²) in [6.45, 7) is 4.27. The first kappa shape index (κ1) is 19.8. The third kappa shape index (κ3) is 3.85. The van der Waals surface area contributed by atoms with Crippen LogP contribution in [0.2, 0.25) is 5.02 Å². The van der Waals surface area contributed by atoms with Gasteiger partial charge in [0.1, 0.15) is 5.72 Å². The van der Waals surface area contributed by atoms with Crippen LogP contribution in [0.25, 0.3) is 21.5 Å². The smallest absolute Gasteiger partial charge is 0.116 e. The zero-order valence-electron chi connectivity index (χ0n) is 14.9. The molecule has 0 radical (unpaired) electrons. The average Bonchev–Trinajstić information content (AvgIpc) is 2.61. The van der Waals surface area contributed by atoms with Gasteiger partial charge in [0.15, 0.2) is 0 Å². The molecule has 0 spiro atoms. The van der Waals surface area contributed by atoms with E-state index >= 15 is 0 Å². The number of hydrogen-bond acceptors (Lipinski definition) is 3. The van der Waals surface area contributed by atoms with Gasteiger partial charge in [0, 0.05) is 33.4 Å². The topological polar surface area (TPSA) is 52.5 Å². The highest BCUT2D eigenvalue weighted by molar-refractivity contribution is 14.1. The third-order valence-electron chi connectivity index (χ3n) is 5.18. The van der Waals surface area contributed by atoms with Crippen LogP contribution in [0, 0.1) is 9.49 Å². The monoisotopic (exact) mass is 483 g/mol. The summed E-state index contributed by atoms with van der Waals surface area (Å²) in [7, 11) is 0. The number of aliphatic hydroxyl groups is 2. The Labute approximate surface area is 172 Å². The lowest BCUT2D eigenvalue weighted by atomic mass is 9.95. The molecule has 26 heavy (non-hydrogen) atoms. The molecule has 3 N–H and O–H groups in total. The van der Waals surface area contributed by atoms with Crippen molar-refractivity contribution in [3.63, 3.8) is 0 Å². The van der Waals surface area contributed by atoms with Crippen LogP contribution < -0.4 is 5.32 Å². The summed E-state index contributed by atoms with van der Waals surface area (Å²) < 4.78 is 1.12. The van der Waals surface area contributed by atoms with E-state index in [1.807, 2.05) is 25.1 Å².